The van der Waals surface area contributed by atoms with Crippen LogP contribution in [0.3, 0.4) is 0 Å². The molecule has 3 aromatic rings. The van der Waals surface area contributed by atoms with Crippen LogP contribution in [0.25, 0.3) is 16.3 Å². The van der Waals surface area contributed by atoms with Gasteiger partial charge in [0.05, 0.1) is 28.4 Å². The molecule has 0 aliphatic carbocycles. The maximum atomic E-state index is 12.5. The molecule has 31 heavy (non-hydrogen) atoms. The zero-order valence-corrected chi connectivity index (χ0v) is 18.1. The largest absolute Gasteiger partial charge is 0.494 e. The van der Waals surface area contributed by atoms with E-state index in [0.717, 1.165) is 16.0 Å². The summed E-state index contributed by atoms with van der Waals surface area (Å²) < 4.78 is 14.0. The van der Waals surface area contributed by atoms with Gasteiger partial charge in [0.2, 0.25) is 0 Å². The predicted octanol–water partition coefficient (Wildman–Crippen LogP) is 4.19. The van der Waals surface area contributed by atoms with E-state index in [4.69, 9.17) is 9.47 Å². The number of hydrogen-bond acceptors (Lipinski definition) is 6. The number of amides is 1. The molecule has 0 aliphatic rings. The molecule has 0 aliphatic heterocycles. The molecule has 162 valence electrons. The Bertz CT molecular complexity index is 1160. The van der Waals surface area contributed by atoms with Gasteiger partial charge < -0.3 is 14.0 Å². The third-order valence-corrected chi connectivity index (χ3v) is 5.40. The van der Waals surface area contributed by atoms with E-state index in [0.29, 0.717) is 36.7 Å². The SMILES string of the molecule is CCOCCn1c(=NC(=O)C=Cc2ccc([N+](=O)[O-])cc2)sc2cc(OCC)ccc21. The molecule has 0 N–H and O–H groups in total. The summed E-state index contributed by atoms with van der Waals surface area (Å²) in [6, 6.07) is 11.7. The minimum absolute atomic E-state index is 0.000187. The summed E-state index contributed by atoms with van der Waals surface area (Å²) in [6.45, 7) is 6.13. The van der Waals surface area contributed by atoms with Crippen molar-refractivity contribution in [2.45, 2.75) is 20.4 Å². The van der Waals surface area contributed by atoms with Gasteiger partial charge in [0.15, 0.2) is 4.80 Å². The van der Waals surface area contributed by atoms with Gasteiger partial charge >= 0.3 is 0 Å². The van der Waals surface area contributed by atoms with Crippen molar-refractivity contribution in [2.75, 3.05) is 19.8 Å². The minimum Gasteiger partial charge on any atom is -0.494 e. The number of nitro groups is 1. The van der Waals surface area contributed by atoms with Crippen molar-refractivity contribution in [3.05, 3.63) is 69.0 Å². The predicted molar refractivity (Wildman–Crippen MR) is 120 cm³/mol. The Morgan fingerprint density at radius 3 is 2.65 bits per heavy atom. The minimum atomic E-state index is -0.465. The number of aromatic nitrogens is 1. The fourth-order valence-corrected chi connectivity index (χ4v) is 4.01. The van der Waals surface area contributed by atoms with Gasteiger partial charge in [-0.25, -0.2) is 0 Å². The summed E-state index contributed by atoms with van der Waals surface area (Å²) in [5, 5.41) is 10.7. The number of benzene rings is 2. The third-order valence-electron chi connectivity index (χ3n) is 4.36. The molecule has 0 fully saturated rings. The van der Waals surface area contributed by atoms with E-state index in [9.17, 15) is 14.9 Å². The van der Waals surface area contributed by atoms with E-state index in [2.05, 4.69) is 4.99 Å². The number of nitrogens with zero attached hydrogens (tertiary/aromatic N) is 3. The van der Waals surface area contributed by atoms with Crippen LogP contribution in [0, 0.1) is 10.1 Å². The first-order valence-corrected chi connectivity index (χ1v) is 10.7. The zero-order valence-electron chi connectivity index (χ0n) is 17.3. The molecule has 0 radical (unpaired) electrons. The summed E-state index contributed by atoms with van der Waals surface area (Å²) in [5.41, 5.74) is 1.63. The van der Waals surface area contributed by atoms with Crippen molar-refractivity contribution >= 4 is 39.2 Å². The van der Waals surface area contributed by atoms with Gasteiger partial charge in [-0.05, 0) is 55.8 Å². The Kier molecular flexibility index (Phi) is 7.69. The van der Waals surface area contributed by atoms with Crippen molar-refractivity contribution in [1.82, 2.24) is 4.57 Å². The maximum absolute atomic E-state index is 12.5. The highest BCUT2D eigenvalue weighted by Gasteiger charge is 2.09. The number of hydrogen-bond donors (Lipinski definition) is 0. The molecule has 0 atom stereocenters. The third kappa shape index (κ3) is 5.87. The highest BCUT2D eigenvalue weighted by Crippen LogP contribution is 2.23. The number of carbonyl (C=O) groups is 1. The lowest BCUT2D eigenvalue weighted by Gasteiger charge is -2.06. The second-order valence-corrected chi connectivity index (χ2v) is 7.44. The number of ether oxygens (including phenoxy) is 2. The lowest BCUT2D eigenvalue weighted by atomic mass is 10.2. The van der Waals surface area contributed by atoms with Gasteiger partial charge in [0, 0.05) is 31.4 Å². The van der Waals surface area contributed by atoms with Gasteiger partial charge in [-0.3, -0.25) is 14.9 Å². The number of thiazole rings is 1. The zero-order chi connectivity index (χ0) is 22.2. The van der Waals surface area contributed by atoms with Crippen LogP contribution < -0.4 is 9.54 Å². The van der Waals surface area contributed by atoms with Crippen LogP contribution in [0.15, 0.2) is 53.5 Å². The van der Waals surface area contributed by atoms with Gasteiger partial charge in [0.1, 0.15) is 5.75 Å². The van der Waals surface area contributed by atoms with Crippen LogP contribution in [0.5, 0.6) is 5.75 Å². The lowest BCUT2D eigenvalue weighted by Crippen LogP contribution is -2.19. The monoisotopic (exact) mass is 441 g/mol. The molecule has 0 bridgehead atoms. The first kappa shape index (κ1) is 22.4. The first-order chi connectivity index (χ1) is 15.0. The van der Waals surface area contributed by atoms with E-state index >= 15 is 0 Å². The first-order valence-electron chi connectivity index (χ1n) is 9.87. The standard InChI is InChI=1S/C22H23N3O5S/c1-3-29-14-13-24-19-11-10-18(30-4-2)15-20(19)31-22(24)23-21(26)12-7-16-5-8-17(9-6-16)25(27)28/h5-12,15H,3-4,13-14H2,1-2H3. The van der Waals surface area contributed by atoms with E-state index in [1.165, 1.54) is 29.5 Å². The Morgan fingerprint density at radius 1 is 1.19 bits per heavy atom. The molecule has 0 saturated carbocycles. The van der Waals surface area contributed by atoms with Crippen molar-refractivity contribution < 1.29 is 19.2 Å². The average Bonchev–Trinajstić information content (AvgIpc) is 3.09. The Labute approximate surface area is 183 Å². The maximum Gasteiger partial charge on any atom is 0.272 e. The van der Waals surface area contributed by atoms with Crippen molar-refractivity contribution in [3.63, 3.8) is 0 Å². The summed E-state index contributed by atoms with van der Waals surface area (Å²) >= 11 is 1.41. The molecular formula is C22H23N3O5S. The Hall–Kier alpha value is -3.30. The van der Waals surface area contributed by atoms with Gasteiger partial charge in [-0.1, -0.05) is 11.3 Å². The van der Waals surface area contributed by atoms with E-state index in [1.807, 2.05) is 36.6 Å². The molecule has 0 unspecified atom stereocenters. The molecule has 9 heteroatoms. The van der Waals surface area contributed by atoms with E-state index in [-0.39, 0.29) is 5.69 Å². The normalized spacial score (nSPS) is 12.0. The second-order valence-electron chi connectivity index (χ2n) is 6.43. The summed E-state index contributed by atoms with van der Waals surface area (Å²) in [4.78, 5) is 27.6. The van der Waals surface area contributed by atoms with Crippen molar-refractivity contribution in [1.29, 1.82) is 0 Å². The molecule has 1 amide bonds. The van der Waals surface area contributed by atoms with Crippen molar-refractivity contribution in [2.24, 2.45) is 4.99 Å². The molecule has 2 aromatic carbocycles. The number of fused-ring (bicyclic) bond motifs is 1. The van der Waals surface area contributed by atoms with Crippen LogP contribution in [-0.2, 0) is 16.1 Å². The molecule has 8 nitrogen and oxygen atoms in total. The topological polar surface area (TPSA) is 96.0 Å². The average molecular weight is 442 g/mol. The van der Waals surface area contributed by atoms with Crippen LogP contribution in [-0.4, -0.2) is 35.2 Å². The fraction of sp³-hybridized carbons (Fsp3) is 0.273. The van der Waals surface area contributed by atoms with E-state index in [1.54, 1.807) is 18.2 Å². The quantitative estimate of drug-likeness (QED) is 0.215. The second kappa shape index (κ2) is 10.6. The number of nitro benzene ring substituents is 1. The van der Waals surface area contributed by atoms with Gasteiger partial charge in [-0.15, -0.1) is 0 Å². The van der Waals surface area contributed by atoms with Gasteiger partial charge in [0.25, 0.3) is 11.6 Å². The van der Waals surface area contributed by atoms with Crippen LogP contribution in [0.1, 0.15) is 19.4 Å². The molecular weight excluding hydrogens is 418 g/mol. The van der Waals surface area contributed by atoms with Crippen LogP contribution in [0.2, 0.25) is 0 Å². The van der Waals surface area contributed by atoms with Crippen molar-refractivity contribution in [3.8, 4) is 5.75 Å². The summed E-state index contributed by atoms with van der Waals surface area (Å²) in [6.07, 6.45) is 2.94. The molecule has 1 aromatic heterocycles. The Morgan fingerprint density at radius 2 is 1.97 bits per heavy atom. The molecule has 0 saturated heterocycles. The van der Waals surface area contributed by atoms with Gasteiger partial charge in [-0.2, -0.15) is 4.99 Å². The molecule has 3 rings (SSSR count). The highest BCUT2D eigenvalue weighted by molar-refractivity contribution is 7.16. The molecule has 0 spiro atoms. The number of non-ortho nitro benzene ring substituents is 1. The highest BCUT2D eigenvalue weighted by atomic mass is 32.1. The lowest BCUT2D eigenvalue weighted by molar-refractivity contribution is -0.384. The number of carbonyl (C=O) groups excluding carboxylic acids is 1. The molecule has 1 heterocycles. The summed E-state index contributed by atoms with van der Waals surface area (Å²) in [5.74, 6) is 0.351. The number of rotatable bonds is 9. The van der Waals surface area contributed by atoms with Crippen LogP contribution in [0.4, 0.5) is 5.69 Å². The van der Waals surface area contributed by atoms with Crippen LogP contribution >= 0.6 is 11.3 Å². The summed E-state index contributed by atoms with van der Waals surface area (Å²) in [7, 11) is 0. The van der Waals surface area contributed by atoms with E-state index < -0.39 is 10.8 Å². The smallest absolute Gasteiger partial charge is 0.272 e. The Balaban J connectivity index is 1.89. The fourth-order valence-electron chi connectivity index (χ4n) is 2.92.